The average Bonchev–Trinajstić information content (AvgIpc) is 3.26. The van der Waals surface area contributed by atoms with Crippen LogP contribution in [0.15, 0.2) is 30.3 Å². The summed E-state index contributed by atoms with van der Waals surface area (Å²) in [6.07, 6.45) is -5.08. The fourth-order valence-electron chi connectivity index (χ4n) is 4.11. The third-order valence-electron chi connectivity index (χ3n) is 5.84. The molecule has 0 atom stereocenters. The third kappa shape index (κ3) is 5.56. The normalized spacial score (nSPS) is 17.6. The first-order valence-electron chi connectivity index (χ1n) is 11.3. The van der Waals surface area contributed by atoms with Crippen molar-refractivity contribution in [1.82, 2.24) is 20.2 Å². The van der Waals surface area contributed by atoms with E-state index in [2.05, 4.69) is 25.9 Å². The summed E-state index contributed by atoms with van der Waals surface area (Å²) in [7, 11) is 0. The number of esters is 1. The number of carbonyl (C=O) groups is 1. The van der Waals surface area contributed by atoms with E-state index in [4.69, 9.17) is 14.7 Å². The lowest BCUT2D eigenvalue weighted by atomic mass is 10.2. The summed E-state index contributed by atoms with van der Waals surface area (Å²) < 4.78 is 48.9. The second kappa shape index (κ2) is 10.1. The Kier molecular flexibility index (Phi) is 6.87. The van der Waals surface area contributed by atoms with Gasteiger partial charge in [-0.1, -0.05) is 12.1 Å². The van der Waals surface area contributed by atoms with Crippen LogP contribution >= 0.6 is 11.3 Å². The second-order valence-electron chi connectivity index (χ2n) is 8.34. The Morgan fingerprint density at radius 3 is 2.63 bits per heavy atom. The van der Waals surface area contributed by atoms with Crippen molar-refractivity contribution in [2.45, 2.75) is 12.7 Å². The predicted molar refractivity (Wildman–Crippen MR) is 126 cm³/mol. The van der Waals surface area contributed by atoms with Crippen molar-refractivity contribution in [2.75, 3.05) is 57.4 Å². The van der Waals surface area contributed by atoms with Crippen LogP contribution in [0.2, 0.25) is 0 Å². The van der Waals surface area contributed by atoms with Gasteiger partial charge in [-0.15, -0.1) is 11.3 Å². The molecule has 5 rings (SSSR count). The first kappa shape index (κ1) is 23.9. The van der Waals surface area contributed by atoms with Gasteiger partial charge in [-0.2, -0.15) is 13.2 Å². The summed E-state index contributed by atoms with van der Waals surface area (Å²) in [5, 5.41) is 3.36. The van der Waals surface area contributed by atoms with Crippen molar-refractivity contribution in [2.24, 2.45) is 0 Å². The van der Waals surface area contributed by atoms with Crippen LogP contribution < -0.4 is 15.0 Å². The molecule has 2 aromatic heterocycles. The summed E-state index contributed by atoms with van der Waals surface area (Å²) in [6.45, 7) is 7.23. The monoisotopic (exact) mass is 507 g/mol. The Labute approximate surface area is 203 Å². The molecule has 1 N–H and O–H groups in total. The summed E-state index contributed by atoms with van der Waals surface area (Å²) in [6, 6.07) is 7.90. The van der Waals surface area contributed by atoms with Crippen LogP contribution in [0.5, 0.6) is 5.75 Å². The van der Waals surface area contributed by atoms with Crippen molar-refractivity contribution in [1.29, 1.82) is 0 Å². The summed E-state index contributed by atoms with van der Waals surface area (Å²) in [4.78, 5) is 26.5. The number of benzene rings is 1. The molecule has 0 bridgehead atoms. The number of alkyl halides is 3. The van der Waals surface area contributed by atoms with Gasteiger partial charge in [0.1, 0.15) is 5.75 Å². The van der Waals surface area contributed by atoms with Crippen LogP contribution in [-0.4, -0.2) is 79.5 Å². The van der Waals surface area contributed by atoms with E-state index in [-0.39, 0.29) is 5.75 Å². The Bertz CT molecular complexity index is 1210. The molecule has 12 heteroatoms. The molecule has 3 aromatic rings. The third-order valence-corrected chi connectivity index (χ3v) is 6.94. The zero-order chi connectivity index (χ0) is 24.4. The highest BCUT2D eigenvalue weighted by Crippen LogP contribution is 2.35. The zero-order valence-corrected chi connectivity index (χ0v) is 19.6. The second-order valence-corrected chi connectivity index (χ2v) is 9.48. The minimum absolute atomic E-state index is 0.217. The Morgan fingerprint density at radius 2 is 1.89 bits per heavy atom. The summed E-state index contributed by atoms with van der Waals surface area (Å²) >= 11 is 1.67. The fraction of sp³-hybridized carbons (Fsp3) is 0.435. The van der Waals surface area contributed by atoms with Gasteiger partial charge >= 0.3 is 12.1 Å². The van der Waals surface area contributed by atoms with Crippen molar-refractivity contribution >= 4 is 33.3 Å². The first-order valence-corrected chi connectivity index (χ1v) is 12.1. The van der Waals surface area contributed by atoms with Gasteiger partial charge in [0.05, 0.1) is 23.4 Å². The number of carbonyl (C=O) groups excluding carboxylic acids is 1. The molecule has 2 aliphatic rings. The molecule has 0 spiro atoms. The molecule has 2 saturated heterocycles. The molecule has 0 amide bonds. The molecular weight excluding hydrogens is 483 g/mol. The number of rotatable bonds is 5. The maximum absolute atomic E-state index is 12.6. The number of morpholine rings is 1. The molecule has 0 radical (unpaired) electrons. The van der Waals surface area contributed by atoms with E-state index in [1.165, 1.54) is 23.1 Å². The number of halogens is 3. The highest BCUT2D eigenvalue weighted by atomic mass is 32.1. The summed E-state index contributed by atoms with van der Waals surface area (Å²) in [5.41, 5.74) is 1.24. The lowest BCUT2D eigenvalue weighted by Gasteiger charge is -2.28. The Morgan fingerprint density at radius 1 is 1.11 bits per heavy atom. The van der Waals surface area contributed by atoms with E-state index in [0.29, 0.717) is 37.7 Å². The maximum atomic E-state index is 12.6. The van der Waals surface area contributed by atoms with Crippen molar-refractivity contribution < 1.29 is 27.4 Å². The molecule has 0 aliphatic carbocycles. The molecule has 2 fully saturated rings. The van der Waals surface area contributed by atoms with Crippen molar-refractivity contribution in [3.05, 3.63) is 35.2 Å². The summed E-state index contributed by atoms with van der Waals surface area (Å²) in [5.74, 6) is -1.35. The van der Waals surface area contributed by atoms with Crippen LogP contribution in [0.25, 0.3) is 21.6 Å². The van der Waals surface area contributed by atoms with E-state index >= 15 is 0 Å². The fourth-order valence-corrected chi connectivity index (χ4v) is 5.27. The number of thiophene rings is 1. The topological polar surface area (TPSA) is 79.8 Å². The van der Waals surface area contributed by atoms with Gasteiger partial charge in [0.15, 0.2) is 11.6 Å². The van der Waals surface area contributed by atoms with Crippen LogP contribution in [0.4, 0.5) is 19.0 Å². The number of fused-ring (bicyclic) bond motifs is 1. The highest BCUT2D eigenvalue weighted by Gasteiger charge is 2.41. The molecule has 186 valence electrons. The standard InChI is InChI=1S/C23H24F3N5O3S/c24-23(25,26)22(32)34-16-3-1-2-15(12-16)20-28-18-13-17(14-30-6-4-27-5-7-30)35-19(18)21(29-20)31-8-10-33-11-9-31/h1-3,12-13,27H,4-11,14H2. The van der Waals surface area contributed by atoms with Gasteiger partial charge in [0.25, 0.3) is 0 Å². The first-order chi connectivity index (χ1) is 16.9. The van der Waals surface area contributed by atoms with E-state index in [0.717, 1.165) is 48.8 Å². The molecule has 35 heavy (non-hydrogen) atoms. The number of nitrogens with zero attached hydrogens (tertiary/aromatic N) is 4. The maximum Gasteiger partial charge on any atom is 0.491 e. The lowest BCUT2D eigenvalue weighted by Crippen LogP contribution is -2.42. The predicted octanol–water partition coefficient (Wildman–Crippen LogP) is 3.07. The van der Waals surface area contributed by atoms with E-state index in [1.807, 2.05) is 0 Å². The largest absolute Gasteiger partial charge is 0.491 e. The quantitative estimate of drug-likeness (QED) is 0.417. The van der Waals surface area contributed by atoms with E-state index in [9.17, 15) is 18.0 Å². The van der Waals surface area contributed by atoms with Crippen molar-refractivity contribution in [3.63, 3.8) is 0 Å². The van der Waals surface area contributed by atoms with Crippen LogP contribution in [0.1, 0.15) is 4.88 Å². The van der Waals surface area contributed by atoms with Crippen LogP contribution in [0.3, 0.4) is 0 Å². The molecule has 1 aromatic carbocycles. The molecular formula is C23H24F3N5O3S. The van der Waals surface area contributed by atoms with Gasteiger partial charge in [0.2, 0.25) is 0 Å². The van der Waals surface area contributed by atoms with Gasteiger partial charge in [-0.25, -0.2) is 14.8 Å². The average molecular weight is 508 g/mol. The number of hydrogen-bond acceptors (Lipinski definition) is 9. The number of aromatic nitrogens is 2. The molecule has 0 unspecified atom stereocenters. The zero-order valence-electron chi connectivity index (χ0n) is 18.8. The van der Waals surface area contributed by atoms with E-state index < -0.39 is 12.1 Å². The number of nitrogens with one attached hydrogen (secondary N) is 1. The minimum atomic E-state index is -5.08. The Balaban J connectivity index is 1.50. The van der Waals surface area contributed by atoms with Gasteiger partial charge in [-0.05, 0) is 18.2 Å². The molecule has 0 saturated carbocycles. The number of anilines is 1. The van der Waals surface area contributed by atoms with Gasteiger partial charge in [0, 0.05) is 56.3 Å². The number of ether oxygens (including phenoxy) is 2. The molecule has 8 nitrogen and oxygen atoms in total. The molecule has 4 heterocycles. The molecule has 2 aliphatic heterocycles. The Hall–Kier alpha value is -2.80. The van der Waals surface area contributed by atoms with Gasteiger partial charge < -0.3 is 19.7 Å². The van der Waals surface area contributed by atoms with E-state index in [1.54, 1.807) is 17.4 Å². The SMILES string of the molecule is O=C(Oc1cccc(-c2nc(N3CCOCC3)c3sc(CN4CCNCC4)cc3n2)c1)C(F)(F)F. The minimum Gasteiger partial charge on any atom is -0.420 e. The smallest absolute Gasteiger partial charge is 0.420 e. The highest BCUT2D eigenvalue weighted by molar-refractivity contribution is 7.19. The van der Waals surface area contributed by atoms with Crippen LogP contribution in [-0.2, 0) is 16.1 Å². The van der Waals surface area contributed by atoms with Crippen molar-refractivity contribution in [3.8, 4) is 17.1 Å². The van der Waals surface area contributed by atoms with Gasteiger partial charge in [-0.3, -0.25) is 4.90 Å². The number of piperazine rings is 1. The van der Waals surface area contributed by atoms with Crippen LogP contribution in [0, 0.1) is 0 Å². The lowest BCUT2D eigenvalue weighted by molar-refractivity contribution is -0.189. The number of hydrogen-bond donors (Lipinski definition) is 1.